The third kappa shape index (κ3) is 5.77. The number of thioether (sulfide) groups is 1. The lowest BCUT2D eigenvalue weighted by atomic mass is 10.2. The van der Waals surface area contributed by atoms with Gasteiger partial charge in [0.15, 0.2) is 0 Å². The molecule has 5 nitrogen and oxygen atoms in total. The van der Waals surface area contributed by atoms with E-state index in [2.05, 4.69) is 10.6 Å². The number of carbonyl (C=O) groups is 2. The van der Waals surface area contributed by atoms with Gasteiger partial charge in [-0.25, -0.2) is 9.18 Å². The third-order valence-electron chi connectivity index (χ3n) is 3.19. The molecular weight excluding hydrogens is 355 g/mol. The number of halogens is 1. The first-order chi connectivity index (χ1) is 12.2. The number of carbonyl (C=O) groups excluding carboxylic acids is 2. The molecule has 0 aromatic heterocycles. The molecule has 2 aromatic rings. The van der Waals surface area contributed by atoms with Gasteiger partial charge in [0.2, 0.25) is 0 Å². The largest absolute Gasteiger partial charge is 0.444 e. The van der Waals surface area contributed by atoms with Gasteiger partial charge in [0.25, 0.3) is 5.91 Å². The lowest BCUT2D eigenvalue weighted by molar-refractivity contribution is 0.0636. The van der Waals surface area contributed by atoms with Crippen LogP contribution in [0.2, 0.25) is 0 Å². The zero-order valence-electron chi connectivity index (χ0n) is 15.1. The van der Waals surface area contributed by atoms with E-state index in [9.17, 15) is 14.0 Å². The van der Waals surface area contributed by atoms with Crippen LogP contribution in [0.5, 0.6) is 0 Å². The predicted molar refractivity (Wildman–Crippen MR) is 102 cm³/mol. The minimum atomic E-state index is -0.658. The first-order valence-corrected chi connectivity index (χ1v) is 9.15. The van der Waals surface area contributed by atoms with Crippen molar-refractivity contribution in [3.63, 3.8) is 0 Å². The van der Waals surface area contributed by atoms with E-state index in [-0.39, 0.29) is 5.69 Å². The average molecular weight is 376 g/mol. The fourth-order valence-corrected chi connectivity index (χ4v) is 2.54. The summed E-state index contributed by atoms with van der Waals surface area (Å²) in [5.41, 5.74) is 0.0531. The highest BCUT2D eigenvalue weighted by Gasteiger charge is 2.17. The molecule has 0 radical (unpaired) electrons. The number of ether oxygens (including phenoxy) is 1. The maximum atomic E-state index is 14.0. The molecule has 138 valence electrons. The maximum Gasteiger partial charge on any atom is 0.412 e. The fraction of sp³-hybridized carbons (Fsp3) is 0.263. The molecule has 0 atom stereocenters. The first-order valence-electron chi connectivity index (χ1n) is 7.93. The zero-order valence-corrected chi connectivity index (χ0v) is 15.9. The van der Waals surface area contributed by atoms with Crippen LogP contribution in [0, 0.1) is 5.82 Å². The van der Waals surface area contributed by atoms with Gasteiger partial charge in [-0.05, 0) is 63.4 Å². The Morgan fingerprint density at radius 2 is 1.81 bits per heavy atom. The number of rotatable bonds is 4. The van der Waals surface area contributed by atoms with Crippen molar-refractivity contribution in [3.8, 4) is 0 Å². The molecule has 26 heavy (non-hydrogen) atoms. The summed E-state index contributed by atoms with van der Waals surface area (Å²) in [6, 6.07) is 10.9. The molecule has 0 spiro atoms. The minimum Gasteiger partial charge on any atom is -0.444 e. The second-order valence-corrected chi connectivity index (χ2v) is 7.39. The number of hydrogen-bond acceptors (Lipinski definition) is 4. The van der Waals surface area contributed by atoms with Crippen molar-refractivity contribution >= 4 is 35.1 Å². The van der Waals surface area contributed by atoms with Crippen molar-refractivity contribution in [2.45, 2.75) is 31.3 Å². The highest BCUT2D eigenvalue weighted by molar-refractivity contribution is 7.98. The quantitative estimate of drug-likeness (QED) is 0.725. The van der Waals surface area contributed by atoms with E-state index in [0.717, 1.165) is 4.90 Å². The lowest BCUT2D eigenvalue weighted by Crippen LogP contribution is -2.27. The van der Waals surface area contributed by atoms with Crippen LogP contribution in [0.1, 0.15) is 31.1 Å². The number of anilines is 2. The predicted octanol–water partition coefficient (Wildman–Crippen LogP) is 5.15. The Hall–Kier alpha value is -2.54. The fourth-order valence-electron chi connectivity index (χ4n) is 2.08. The Kier molecular flexibility index (Phi) is 6.26. The van der Waals surface area contributed by atoms with Gasteiger partial charge in [0.05, 0.1) is 5.69 Å². The molecule has 2 rings (SSSR count). The number of amides is 2. The Bertz CT molecular complexity index is 819. The van der Waals surface area contributed by atoms with Crippen molar-refractivity contribution in [2.24, 2.45) is 0 Å². The Labute approximate surface area is 156 Å². The van der Waals surface area contributed by atoms with Crippen LogP contribution in [-0.2, 0) is 4.74 Å². The summed E-state index contributed by atoms with van der Waals surface area (Å²) in [4.78, 5) is 25.1. The second kappa shape index (κ2) is 8.23. The van der Waals surface area contributed by atoms with Crippen LogP contribution >= 0.6 is 11.8 Å². The molecular formula is C19H21FN2O3S. The van der Waals surface area contributed by atoms with E-state index in [0.29, 0.717) is 11.3 Å². The summed E-state index contributed by atoms with van der Waals surface area (Å²) in [6.07, 6.45) is 1.25. The SMILES string of the molecule is CSc1cccc(C(=O)Nc2cc(NC(=O)OC(C)(C)C)ccc2F)c1. The van der Waals surface area contributed by atoms with Gasteiger partial charge < -0.3 is 10.1 Å². The molecule has 0 unspecified atom stereocenters. The normalized spacial score (nSPS) is 11.0. The molecule has 0 saturated heterocycles. The van der Waals surface area contributed by atoms with Crippen LogP contribution < -0.4 is 10.6 Å². The van der Waals surface area contributed by atoms with E-state index >= 15 is 0 Å². The molecule has 2 N–H and O–H groups in total. The van der Waals surface area contributed by atoms with Crippen LogP contribution in [0.3, 0.4) is 0 Å². The van der Waals surface area contributed by atoms with Crippen molar-refractivity contribution in [1.82, 2.24) is 0 Å². The van der Waals surface area contributed by atoms with Crippen LogP contribution in [0.25, 0.3) is 0 Å². The molecule has 0 bridgehead atoms. The smallest absolute Gasteiger partial charge is 0.412 e. The number of benzene rings is 2. The summed E-state index contributed by atoms with van der Waals surface area (Å²) in [5.74, 6) is -1.04. The third-order valence-corrected chi connectivity index (χ3v) is 3.92. The summed E-state index contributed by atoms with van der Waals surface area (Å²) < 4.78 is 19.2. The van der Waals surface area contributed by atoms with Crippen molar-refractivity contribution in [1.29, 1.82) is 0 Å². The minimum absolute atomic E-state index is 0.0295. The molecule has 0 aliphatic carbocycles. The van der Waals surface area contributed by atoms with E-state index in [4.69, 9.17) is 4.74 Å². The average Bonchev–Trinajstić information content (AvgIpc) is 2.56. The summed E-state index contributed by atoms with van der Waals surface area (Å²) in [6.45, 7) is 5.22. The topological polar surface area (TPSA) is 67.4 Å². The maximum absolute atomic E-state index is 14.0. The second-order valence-electron chi connectivity index (χ2n) is 6.51. The van der Waals surface area contributed by atoms with E-state index in [1.807, 2.05) is 12.3 Å². The highest BCUT2D eigenvalue weighted by atomic mass is 32.2. The molecule has 0 saturated carbocycles. The van der Waals surface area contributed by atoms with Crippen LogP contribution in [0.15, 0.2) is 47.4 Å². The number of hydrogen-bond donors (Lipinski definition) is 2. The van der Waals surface area contributed by atoms with Gasteiger partial charge in [-0.1, -0.05) is 6.07 Å². The van der Waals surface area contributed by atoms with Gasteiger partial charge >= 0.3 is 6.09 Å². The lowest BCUT2D eigenvalue weighted by Gasteiger charge is -2.20. The standard InChI is InChI=1S/C19H21FN2O3S/c1-19(2,3)25-18(24)21-13-8-9-15(20)16(11-13)22-17(23)12-6-5-7-14(10-12)26-4/h5-11H,1-4H3,(H,21,24)(H,22,23). The summed E-state index contributed by atoms with van der Waals surface area (Å²) in [5, 5.41) is 5.04. The molecule has 0 aliphatic rings. The van der Waals surface area contributed by atoms with Crippen LogP contribution in [-0.4, -0.2) is 23.9 Å². The highest BCUT2D eigenvalue weighted by Crippen LogP contribution is 2.22. The monoisotopic (exact) mass is 376 g/mol. The molecule has 0 aliphatic heterocycles. The zero-order chi connectivity index (χ0) is 19.3. The van der Waals surface area contributed by atoms with Crippen molar-refractivity contribution in [2.75, 3.05) is 16.9 Å². The molecule has 2 aromatic carbocycles. The summed E-state index contributed by atoms with van der Waals surface area (Å²) >= 11 is 1.51. The van der Waals surface area contributed by atoms with E-state index in [1.54, 1.807) is 39.0 Å². The van der Waals surface area contributed by atoms with Gasteiger partial charge in [0.1, 0.15) is 11.4 Å². The van der Waals surface area contributed by atoms with Gasteiger partial charge in [-0.3, -0.25) is 10.1 Å². The van der Waals surface area contributed by atoms with Crippen molar-refractivity contribution in [3.05, 3.63) is 53.8 Å². The molecule has 2 amide bonds. The molecule has 7 heteroatoms. The Morgan fingerprint density at radius 3 is 2.46 bits per heavy atom. The van der Waals surface area contributed by atoms with E-state index in [1.165, 1.54) is 30.0 Å². The van der Waals surface area contributed by atoms with Gasteiger partial charge in [-0.2, -0.15) is 0 Å². The van der Waals surface area contributed by atoms with Crippen molar-refractivity contribution < 1.29 is 18.7 Å². The van der Waals surface area contributed by atoms with Gasteiger partial charge in [-0.15, -0.1) is 11.8 Å². The Balaban J connectivity index is 2.14. The van der Waals surface area contributed by atoms with Gasteiger partial charge in [0, 0.05) is 16.1 Å². The van der Waals surface area contributed by atoms with Crippen LogP contribution in [0.4, 0.5) is 20.6 Å². The molecule has 0 fully saturated rings. The number of nitrogens with one attached hydrogen (secondary N) is 2. The molecule has 0 heterocycles. The first kappa shape index (κ1) is 19.8. The van der Waals surface area contributed by atoms with E-state index < -0.39 is 23.4 Å². The Morgan fingerprint density at radius 1 is 1.08 bits per heavy atom. The summed E-state index contributed by atoms with van der Waals surface area (Å²) in [7, 11) is 0.